The molecule has 3 aliphatic carbocycles. The van der Waals surface area contributed by atoms with Gasteiger partial charge in [0.15, 0.2) is 0 Å². The van der Waals surface area contributed by atoms with Gasteiger partial charge < -0.3 is 4.90 Å². The number of imidazole rings is 1. The van der Waals surface area contributed by atoms with Gasteiger partial charge in [0.1, 0.15) is 6.33 Å². The Morgan fingerprint density at radius 1 is 1.06 bits per heavy atom. The molecule has 4 aliphatic rings. The van der Waals surface area contributed by atoms with E-state index in [1.807, 2.05) is 7.05 Å². The molecule has 1 aromatic heterocycles. The number of fused-ring (bicyclic) bond motifs is 5. The first-order chi connectivity index (χ1) is 14.7. The third kappa shape index (κ3) is 3.36. The fraction of sp³-hybridized carbons (Fsp3) is 0.792. The number of rotatable bonds is 1. The van der Waals surface area contributed by atoms with Crippen LogP contribution < -0.4 is 0 Å². The summed E-state index contributed by atoms with van der Waals surface area (Å²) in [6, 6.07) is 0. The molecular weight excluding hydrogens is 616 g/mol. The second kappa shape index (κ2) is 8.55. The average Bonchev–Trinajstić information content (AvgIpc) is 3.42. The van der Waals surface area contributed by atoms with Crippen molar-refractivity contribution in [1.82, 2.24) is 14.5 Å². The Kier molecular flexibility index (Phi) is 6.60. The Labute approximate surface area is 209 Å². The molecule has 31 heavy (non-hydrogen) atoms. The normalized spacial score (nSPS) is 43.9. The van der Waals surface area contributed by atoms with Gasteiger partial charge in [-0.15, -0.1) is 0 Å². The molecule has 0 spiro atoms. The lowest BCUT2D eigenvalue weighted by molar-refractivity contribution is -0.180. The second-order valence-electron chi connectivity index (χ2n) is 11.0. The summed E-state index contributed by atoms with van der Waals surface area (Å²) < 4.78 is 1.70. The minimum Gasteiger partial charge on any atom is -0.340 e. The fourth-order valence-corrected chi connectivity index (χ4v) is 8.40. The zero-order valence-electron chi connectivity index (χ0n) is 19.1. The van der Waals surface area contributed by atoms with Crippen LogP contribution in [0.25, 0.3) is 0 Å². The first-order valence-electron chi connectivity index (χ1n) is 11.7. The Balaban J connectivity index is 0.00000112. The predicted octanol–water partition coefficient (Wildman–Crippen LogP) is 6.16. The maximum absolute atomic E-state index is 13.2. The Morgan fingerprint density at radius 3 is 2.48 bits per heavy atom. The van der Waals surface area contributed by atoms with Crippen molar-refractivity contribution in [2.24, 2.45) is 34.5 Å². The van der Waals surface area contributed by atoms with E-state index in [9.17, 15) is 9.59 Å². The van der Waals surface area contributed by atoms with Crippen LogP contribution in [-0.4, -0.2) is 38.9 Å². The number of carbonyl (C=O) groups excluding carboxylic acids is 2. The molecule has 5 nitrogen and oxygen atoms in total. The molecule has 0 N–H and O–H groups in total. The fourth-order valence-electron chi connectivity index (χ4n) is 8.40. The summed E-state index contributed by atoms with van der Waals surface area (Å²) in [4.78, 5) is 31.9. The van der Waals surface area contributed by atoms with Crippen LogP contribution in [0.2, 0.25) is 0 Å². The van der Waals surface area contributed by atoms with E-state index in [-0.39, 0.29) is 28.2 Å². The summed E-state index contributed by atoms with van der Waals surface area (Å²) >= 11 is 4.24. The SMILES string of the molecule is CN1C(=O)CC[C@]2(C)C3CC[C@@]4(C)C(CC[C@@H]4C(=O)n4ccnc4)C3CC[C@@]12C.II. The molecule has 0 aromatic carbocycles. The number of nitrogens with zero attached hydrogens (tertiary/aromatic N) is 3. The van der Waals surface area contributed by atoms with Gasteiger partial charge in [0.05, 0.1) is 0 Å². The molecule has 0 bridgehead atoms. The van der Waals surface area contributed by atoms with E-state index in [4.69, 9.17) is 0 Å². The summed E-state index contributed by atoms with van der Waals surface area (Å²) in [7, 11) is 2.03. The van der Waals surface area contributed by atoms with Gasteiger partial charge in [-0.3, -0.25) is 14.2 Å². The predicted molar refractivity (Wildman–Crippen MR) is 139 cm³/mol. The molecule has 3 unspecified atom stereocenters. The van der Waals surface area contributed by atoms with Gasteiger partial charge in [0, 0.05) is 74.6 Å². The molecule has 1 amide bonds. The van der Waals surface area contributed by atoms with Gasteiger partial charge in [0.25, 0.3) is 0 Å². The maximum atomic E-state index is 13.2. The third-order valence-electron chi connectivity index (χ3n) is 10.5. The van der Waals surface area contributed by atoms with Crippen LogP contribution in [0.1, 0.15) is 76.9 Å². The van der Waals surface area contributed by atoms with Crippen molar-refractivity contribution in [2.45, 2.75) is 77.7 Å². The highest BCUT2D eigenvalue weighted by Gasteiger charge is 2.65. The highest BCUT2D eigenvalue weighted by Crippen LogP contribution is 2.68. The molecule has 2 heterocycles. The summed E-state index contributed by atoms with van der Waals surface area (Å²) in [6.45, 7) is 7.21. The lowest BCUT2D eigenvalue weighted by Gasteiger charge is -2.66. The highest BCUT2D eigenvalue weighted by atomic mass is 128. The Hall–Kier alpha value is -0.190. The van der Waals surface area contributed by atoms with E-state index in [0.29, 0.717) is 30.1 Å². The van der Waals surface area contributed by atoms with E-state index < -0.39 is 0 Å². The molecule has 172 valence electrons. The largest absolute Gasteiger partial charge is 0.340 e. The number of aromatic nitrogens is 2. The zero-order valence-corrected chi connectivity index (χ0v) is 23.4. The highest BCUT2D eigenvalue weighted by molar-refractivity contribution is 15.0. The molecule has 7 atom stereocenters. The van der Waals surface area contributed by atoms with E-state index in [1.54, 1.807) is 23.3 Å². The number of amides is 1. The number of hydrogen-bond donors (Lipinski definition) is 0. The van der Waals surface area contributed by atoms with Crippen LogP contribution in [0.3, 0.4) is 0 Å². The Bertz CT molecular complexity index is 846. The monoisotopic (exact) mass is 651 g/mol. The lowest BCUT2D eigenvalue weighted by atomic mass is 9.43. The first-order valence-corrected chi connectivity index (χ1v) is 17.9. The van der Waals surface area contributed by atoms with Crippen molar-refractivity contribution in [2.75, 3.05) is 7.05 Å². The smallest absolute Gasteiger partial charge is 0.235 e. The topological polar surface area (TPSA) is 55.2 Å². The van der Waals surface area contributed by atoms with Crippen LogP contribution in [0.15, 0.2) is 18.7 Å². The zero-order chi connectivity index (χ0) is 22.6. The van der Waals surface area contributed by atoms with Crippen LogP contribution in [0.5, 0.6) is 0 Å². The van der Waals surface area contributed by atoms with Crippen LogP contribution in [0, 0.1) is 34.5 Å². The molecule has 1 aliphatic heterocycles. The van der Waals surface area contributed by atoms with Crippen molar-refractivity contribution < 1.29 is 9.59 Å². The van der Waals surface area contributed by atoms with Crippen molar-refractivity contribution in [3.63, 3.8) is 0 Å². The van der Waals surface area contributed by atoms with Crippen molar-refractivity contribution in [3.05, 3.63) is 18.7 Å². The number of likely N-dealkylation sites (tertiary alicyclic amines) is 1. The molecule has 7 heteroatoms. The summed E-state index contributed by atoms with van der Waals surface area (Å²) in [5, 5.41) is 0. The summed E-state index contributed by atoms with van der Waals surface area (Å²) in [6.07, 6.45) is 13.7. The van der Waals surface area contributed by atoms with Gasteiger partial charge in [-0.05, 0) is 80.5 Å². The van der Waals surface area contributed by atoms with Gasteiger partial charge >= 0.3 is 0 Å². The molecule has 4 fully saturated rings. The first kappa shape index (κ1) is 24.0. The van der Waals surface area contributed by atoms with Crippen molar-refractivity contribution in [1.29, 1.82) is 0 Å². The minimum absolute atomic E-state index is 0.0259. The second-order valence-corrected chi connectivity index (χ2v) is 11.0. The van der Waals surface area contributed by atoms with Crippen molar-refractivity contribution in [3.8, 4) is 0 Å². The molecular formula is C24H35I2N3O2. The van der Waals surface area contributed by atoms with E-state index in [0.717, 1.165) is 25.7 Å². The molecule has 0 radical (unpaired) electrons. The van der Waals surface area contributed by atoms with E-state index >= 15 is 0 Å². The van der Waals surface area contributed by atoms with E-state index in [1.165, 1.54) is 19.3 Å². The number of piperidine rings is 1. The van der Waals surface area contributed by atoms with Crippen LogP contribution in [-0.2, 0) is 4.79 Å². The maximum Gasteiger partial charge on any atom is 0.235 e. The summed E-state index contributed by atoms with van der Waals surface area (Å²) in [5.41, 5.74) is 0.261. The van der Waals surface area contributed by atoms with Gasteiger partial charge in [-0.1, -0.05) is 13.8 Å². The Morgan fingerprint density at radius 2 is 1.81 bits per heavy atom. The number of hydrogen-bond acceptors (Lipinski definition) is 3. The molecule has 5 rings (SSSR count). The number of carbonyl (C=O) groups is 2. The van der Waals surface area contributed by atoms with Gasteiger partial charge in [0.2, 0.25) is 11.8 Å². The minimum atomic E-state index is -0.0259. The van der Waals surface area contributed by atoms with Crippen molar-refractivity contribution >= 4 is 49.0 Å². The quantitative estimate of drug-likeness (QED) is 0.342. The number of halogens is 2. The van der Waals surface area contributed by atoms with E-state index in [2.05, 4.69) is 67.9 Å². The van der Waals surface area contributed by atoms with Crippen LogP contribution in [0.4, 0.5) is 0 Å². The standard InChI is InChI=1S/C24H35N3O2.I2/c1-22-10-8-18-16(7-12-24(3)23(18,2)11-9-20(28)26(24)4)17(22)5-6-19(22)21(29)27-14-13-25-15-27;1-2/h13-19H,5-12H2,1-4H3;/t16?,17?,18?,19-,22+,23-,24-;/m1./s1. The molecule has 1 aromatic rings. The van der Waals surface area contributed by atoms with Crippen LogP contribution >= 0.6 is 37.2 Å². The van der Waals surface area contributed by atoms with Gasteiger partial charge in [-0.25, -0.2) is 4.98 Å². The summed E-state index contributed by atoms with van der Waals surface area (Å²) in [5.74, 6) is 2.64. The molecule has 1 saturated heterocycles. The lowest BCUT2D eigenvalue weighted by Crippen LogP contribution is -2.68. The average molecular weight is 651 g/mol. The third-order valence-corrected chi connectivity index (χ3v) is 10.5. The van der Waals surface area contributed by atoms with Gasteiger partial charge in [-0.2, -0.15) is 0 Å². The molecule has 3 saturated carbocycles.